The summed E-state index contributed by atoms with van der Waals surface area (Å²) in [5.74, 6) is -0.411. The highest BCUT2D eigenvalue weighted by Crippen LogP contribution is 2.12. The van der Waals surface area contributed by atoms with Crippen molar-refractivity contribution in [3.05, 3.63) is 5.28 Å². The minimum Gasteiger partial charge on any atom is -0.368 e. The zero-order chi connectivity index (χ0) is 22.1. The number of halogens is 1. The fourth-order valence-corrected chi connectivity index (χ4v) is 3.42. The Morgan fingerprint density at radius 3 is 2.57 bits per heavy atom. The number of nitrogens with one attached hydrogen (secondary N) is 4. The molecule has 1 aliphatic rings. The second-order valence-electron chi connectivity index (χ2n) is 6.85. The highest BCUT2D eigenvalue weighted by Gasteiger charge is 2.27. The van der Waals surface area contributed by atoms with Crippen LogP contribution < -0.4 is 27.0 Å². The number of hydrogen-bond donors (Lipinski definition) is 5. The fraction of sp³-hybridized carbons (Fsp3) is 0.647. The second-order valence-corrected chi connectivity index (χ2v) is 8.17. The van der Waals surface area contributed by atoms with Crippen LogP contribution in [0.2, 0.25) is 5.28 Å². The average molecular weight is 459 g/mol. The van der Waals surface area contributed by atoms with E-state index in [0.717, 1.165) is 0 Å². The minimum absolute atomic E-state index is 0.0188. The second kappa shape index (κ2) is 11.7. The molecule has 0 fully saturated rings. The number of primary amides is 1. The van der Waals surface area contributed by atoms with Crippen molar-refractivity contribution < 1.29 is 14.4 Å². The normalized spacial score (nSPS) is 23.5. The van der Waals surface area contributed by atoms with Crippen LogP contribution in [0, 0.1) is 0 Å². The zero-order valence-electron chi connectivity index (χ0n) is 16.9. The third kappa shape index (κ3) is 7.48. The standard InChI is InChI=1S/C17H27ClN8O3S/c1-9-13(28)23-11(6-8-30-2)14(29)22-10(12(19)27)5-3-4-7-20-16-24-15(18)25-17(21-9)26-16/h9-11H,3-8H2,1-2H3,(H2,19,27)(H,22,29)(H,23,28)(H2,20,21,24,25,26)/t9-,10+,11-/m0/s1. The van der Waals surface area contributed by atoms with Gasteiger partial charge in [0.1, 0.15) is 18.1 Å². The number of anilines is 2. The van der Waals surface area contributed by atoms with Gasteiger partial charge in [-0.2, -0.15) is 26.7 Å². The van der Waals surface area contributed by atoms with Crippen molar-refractivity contribution in [2.45, 2.75) is 50.7 Å². The van der Waals surface area contributed by atoms with Crippen molar-refractivity contribution in [1.82, 2.24) is 25.6 Å². The molecule has 0 radical (unpaired) electrons. The molecule has 166 valence electrons. The summed E-state index contributed by atoms with van der Waals surface area (Å²) in [5.41, 5.74) is 5.45. The first kappa shape index (κ1) is 23.9. The summed E-state index contributed by atoms with van der Waals surface area (Å²) in [6.45, 7) is 2.13. The largest absolute Gasteiger partial charge is 0.368 e. The Labute approximate surface area is 184 Å². The summed E-state index contributed by atoms with van der Waals surface area (Å²) in [7, 11) is 0. The van der Waals surface area contributed by atoms with Gasteiger partial charge >= 0.3 is 0 Å². The van der Waals surface area contributed by atoms with Crippen LogP contribution in [0.25, 0.3) is 0 Å². The molecule has 1 aromatic heterocycles. The van der Waals surface area contributed by atoms with Gasteiger partial charge in [-0.15, -0.1) is 0 Å². The van der Waals surface area contributed by atoms with Gasteiger partial charge in [-0.1, -0.05) is 0 Å². The molecule has 3 atom stereocenters. The van der Waals surface area contributed by atoms with E-state index in [2.05, 4.69) is 36.2 Å². The lowest BCUT2D eigenvalue weighted by molar-refractivity contribution is -0.131. The number of carbonyl (C=O) groups is 3. The number of fused-ring (bicyclic) bond motifs is 2. The summed E-state index contributed by atoms with van der Waals surface area (Å²) < 4.78 is 0. The molecule has 0 unspecified atom stereocenters. The van der Waals surface area contributed by atoms with Crippen molar-refractivity contribution in [2.24, 2.45) is 5.73 Å². The van der Waals surface area contributed by atoms with Crippen LogP contribution in [0.5, 0.6) is 0 Å². The SMILES string of the molecule is CSCC[C@@H]1NC(=O)[C@H](C)Nc2nc(Cl)nc(n2)NCCCC[C@H](C(N)=O)NC1=O. The molecular formula is C17H27ClN8O3S. The molecule has 30 heavy (non-hydrogen) atoms. The lowest BCUT2D eigenvalue weighted by Crippen LogP contribution is -2.55. The quantitative estimate of drug-likeness (QED) is 0.421. The summed E-state index contributed by atoms with van der Waals surface area (Å²) in [6, 6.07) is -2.36. The maximum absolute atomic E-state index is 12.7. The molecular weight excluding hydrogens is 432 g/mol. The molecule has 11 nitrogen and oxygen atoms in total. The number of rotatable bonds is 4. The molecule has 0 saturated carbocycles. The predicted octanol–water partition coefficient (Wildman–Crippen LogP) is 0.129. The van der Waals surface area contributed by atoms with Gasteiger partial charge in [0.05, 0.1) is 0 Å². The Morgan fingerprint density at radius 1 is 1.13 bits per heavy atom. The Bertz CT molecular complexity index is 769. The fourth-order valence-electron chi connectivity index (χ4n) is 2.79. The smallest absolute Gasteiger partial charge is 0.243 e. The van der Waals surface area contributed by atoms with Gasteiger partial charge in [-0.25, -0.2) is 0 Å². The first-order valence-corrected chi connectivity index (χ1v) is 11.4. The van der Waals surface area contributed by atoms with Crippen molar-refractivity contribution in [2.75, 3.05) is 29.2 Å². The van der Waals surface area contributed by atoms with Gasteiger partial charge in [0, 0.05) is 6.54 Å². The molecule has 0 aliphatic carbocycles. The predicted molar refractivity (Wildman–Crippen MR) is 116 cm³/mol. The lowest BCUT2D eigenvalue weighted by Gasteiger charge is -2.24. The van der Waals surface area contributed by atoms with Crippen LogP contribution in [0.15, 0.2) is 0 Å². The van der Waals surface area contributed by atoms with Crippen molar-refractivity contribution in [1.29, 1.82) is 0 Å². The molecule has 0 aromatic carbocycles. The van der Waals surface area contributed by atoms with Gasteiger partial charge in [-0.3, -0.25) is 14.4 Å². The molecule has 2 rings (SSSR count). The first-order valence-electron chi connectivity index (χ1n) is 9.61. The third-order valence-electron chi connectivity index (χ3n) is 4.45. The number of thioether (sulfide) groups is 1. The number of carbonyl (C=O) groups excluding carboxylic acids is 3. The maximum atomic E-state index is 12.7. The van der Waals surface area contributed by atoms with Crippen LogP contribution in [0.3, 0.4) is 0 Å². The van der Waals surface area contributed by atoms with E-state index >= 15 is 0 Å². The van der Waals surface area contributed by atoms with E-state index in [1.165, 1.54) is 0 Å². The van der Waals surface area contributed by atoms with Crippen LogP contribution in [-0.4, -0.2) is 69.4 Å². The average Bonchev–Trinajstić information content (AvgIpc) is 2.68. The number of nitrogens with zero attached hydrogens (tertiary/aromatic N) is 3. The van der Waals surface area contributed by atoms with Gasteiger partial charge < -0.3 is 27.0 Å². The van der Waals surface area contributed by atoms with Gasteiger partial charge in [0.25, 0.3) is 0 Å². The number of nitrogens with two attached hydrogens (primary N) is 1. The highest BCUT2D eigenvalue weighted by atomic mass is 35.5. The van der Waals surface area contributed by atoms with Gasteiger partial charge in [0.2, 0.25) is 34.9 Å². The topological polar surface area (TPSA) is 164 Å². The third-order valence-corrected chi connectivity index (χ3v) is 5.27. The van der Waals surface area contributed by atoms with Gasteiger partial charge in [0.15, 0.2) is 0 Å². The maximum Gasteiger partial charge on any atom is 0.243 e. The van der Waals surface area contributed by atoms with E-state index in [1.54, 1.807) is 18.7 Å². The van der Waals surface area contributed by atoms with E-state index in [-0.39, 0.29) is 17.2 Å². The molecule has 3 amide bonds. The molecule has 1 aromatic rings. The van der Waals surface area contributed by atoms with Gasteiger partial charge in [-0.05, 0) is 56.2 Å². The molecule has 0 saturated heterocycles. The number of amides is 3. The summed E-state index contributed by atoms with van der Waals surface area (Å²) in [4.78, 5) is 49.4. The molecule has 2 bridgehead atoms. The van der Waals surface area contributed by atoms with Crippen molar-refractivity contribution in [3.63, 3.8) is 0 Å². The van der Waals surface area contributed by atoms with Crippen molar-refractivity contribution in [3.8, 4) is 0 Å². The first-order chi connectivity index (χ1) is 14.3. The van der Waals surface area contributed by atoms with Crippen LogP contribution in [-0.2, 0) is 14.4 Å². The van der Waals surface area contributed by atoms with E-state index in [1.807, 2.05) is 6.26 Å². The molecule has 2 heterocycles. The monoisotopic (exact) mass is 458 g/mol. The molecule has 6 N–H and O–H groups in total. The van der Waals surface area contributed by atoms with Crippen LogP contribution in [0.1, 0.15) is 32.6 Å². The summed E-state index contributed by atoms with van der Waals surface area (Å²) >= 11 is 7.50. The van der Waals surface area contributed by atoms with E-state index in [4.69, 9.17) is 17.3 Å². The lowest BCUT2D eigenvalue weighted by atomic mass is 10.1. The summed E-state index contributed by atoms with van der Waals surface area (Å²) in [6.07, 6.45) is 4.01. The number of aromatic nitrogens is 3. The van der Waals surface area contributed by atoms with Crippen LogP contribution in [0.4, 0.5) is 11.9 Å². The Kier molecular flexibility index (Phi) is 9.37. The summed E-state index contributed by atoms with van der Waals surface area (Å²) in [5, 5.41) is 11.3. The minimum atomic E-state index is -0.812. The Balaban J connectivity index is 2.25. The number of hydrogen-bond acceptors (Lipinski definition) is 9. The molecule has 13 heteroatoms. The molecule has 1 aliphatic heterocycles. The van der Waals surface area contributed by atoms with Crippen molar-refractivity contribution >= 4 is 53.0 Å². The van der Waals surface area contributed by atoms with Crippen LogP contribution >= 0.6 is 23.4 Å². The Hall–Kier alpha value is -2.34. The van der Waals surface area contributed by atoms with E-state index in [9.17, 15) is 14.4 Å². The molecule has 0 spiro atoms. The van der Waals surface area contributed by atoms with E-state index < -0.39 is 35.8 Å². The zero-order valence-corrected chi connectivity index (χ0v) is 18.5. The van der Waals surface area contributed by atoms with E-state index in [0.29, 0.717) is 38.0 Å². The highest BCUT2D eigenvalue weighted by molar-refractivity contribution is 7.98. The Morgan fingerprint density at radius 2 is 1.87 bits per heavy atom.